The second-order valence-corrected chi connectivity index (χ2v) is 12.2. The standard InChI is InChI=1S/C27H31BrClN5O3/c1-26(2,3)37-25(35)34-14-9-27(10-15-34)7-12-33(13-8-27)21-17-19(28)4-5-20(21)24-32-31-23(36-24)18-6-11-30-22(29)16-18/h4-6,11,16-17H,7-10,12-15H2,1-3H3. The number of ether oxygens (including phenoxy) is 1. The zero-order chi connectivity index (χ0) is 26.2. The molecule has 0 aliphatic carbocycles. The number of benzene rings is 1. The SMILES string of the molecule is CC(C)(C)OC(=O)N1CCC2(CC1)CCN(c1cc(Br)ccc1-c1nnc(-c3ccnc(Cl)c3)o1)CC2. The van der Waals surface area contributed by atoms with Crippen LogP contribution in [-0.2, 0) is 4.74 Å². The fraction of sp³-hybridized carbons (Fsp3) is 0.481. The Hall–Kier alpha value is -2.65. The highest BCUT2D eigenvalue weighted by Gasteiger charge is 2.40. The Morgan fingerprint density at radius 2 is 1.70 bits per heavy atom. The fourth-order valence-electron chi connectivity index (χ4n) is 5.14. The maximum absolute atomic E-state index is 12.5. The Labute approximate surface area is 230 Å². The lowest BCUT2D eigenvalue weighted by Gasteiger charge is -2.47. The molecule has 196 valence electrons. The normalized spacial score (nSPS) is 17.8. The maximum atomic E-state index is 12.5. The molecule has 1 aromatic carbocycles. The Morgan fingerprint density at radius 1 is 1.03 bits per heavy atom. The van der Waals surface area contributed by atoms with Crippen molar-refractivity contribution in [2.45, 2.75) is 52.1 Å². The average Bonchev–Trinajstić information content (AvgIpc) is 3.34. The van der Waals surface area contributed by atoms with Gasteiger partial charge in [-0.2, -0.15) is 0 Å². The predicted octanol–water partition coefficient (Wildman–Crippen LogP) is 6.83. The molecular weight excluding hydrogens is 558 g/mol. The quantitative estimate of drug-likeness (QED) is 0.310. The topological polar surface area (TPSA) is 84.6 Å². The molecule has 0 radical (unpaired) electrons. The summed E-state index contributed by atoms with van der Waals surface area (Å²) in [6.07, 6.45) is 5.58. The van der Waals surface area contributed by atoms with E-state index in [4.69, 9.17) is 20.8 Å². The summed E-state index contributed by atoms with van der Waals surface area (Å²) in [4.78, 5) is 20.8. The van der Waals surface area contributed by atoms with Crippen molar-refractivity contribution in [3.63, 3.8) is 0 Å². The van der Waals surface area contributed by atoms with E-state index in [1.807, 2.05) is 37.8 Å². The van der Waals surface area contributed by atoms with Crippen molar-refractivity contribution in [1.29, 1.82) is 0 Å². The fourth-order valence-corrected chi connectivity index (χ4v) is 5.67. The van der Waals surface area contributed by atoms with Gasteiger partial charge >= 0.3 is 6.09 Å². The highest BCUT2D eigenvalue weighted by Crippen LogP contribution is 2.44. The largest absolute Gasteiger partial charge is 0.444 e. The number of pyridine rings is 1. The van der Waals surface area contributed by atoms with Crippen LogP contribution in [0, 0.1) is 5.41 Å². The van der Waals surface area contributed by atoms with Crippen molar-refractivity contribution < 1.29 is 13.9 Å². The average molecular weight is 589 g/mol. The number of amides is 1. The molecule has 2 fully saturated rings. The minimum absolute atomic E-state index is 0.202. The van der Waals surface area contributed by atoms with Crippen LogP contribution in [0.5, 0.6) is 0 Å². The molecule has 4 heterocycles. The van der Waals surface area contributed by atoms with Crippen molar-refractivity contribution in [3.8, 4) is 22.9 Å². The molecule has 0 atom stereocenters. The molecule has 0 saturated carbocycles. The van der Waals surface area contributed by atoms with E-state index in [1.165, 1.54) is 0 Å². The molecule has 10 heteroatoms. The van der Waals surface area contributed by atoms with E-state index >= 15 is 0 Å². The van der Waals surface area contributed by atoms with Crippen molar-refractivity contribution in [2.24, 2.45) is 5.41 Å². The molecule has 0 unspecified atom stereocenters. The smallest absolute Gasteiger partial charge is 0.410 e. The molecule has 0 N–H and O–H groups in total. The lowest BCUT2D eigenvalue weighted by atomic mass is 9.71. The molecule has 0 bridgehead atoms. The van der Waals surface area contributed by atoms with Crippen molar-refractivity contribution >= 4 is 39.3 Å². The van der Waals surface area contributed by atoms with Crippen LogP contribution in [0.15, 0.2) is 45.4 Å². The molecule has 2 aliphatic heterocycles. The van der Waals surface area contributed by atoms with Gasteiger partial charge in [0.1, 0.15) is 10.8 Å². The number of rotatable bonds is 3. The summed E-state index contributed by atoms with van der Waals surface area (Å²) >= 11 is 9.67. The molecule has 2 saturated heterocycles. The number of hydrogen-bond acceptors (Lipinski definition) is 7. The Kier molecular flexibility index (Phi) is 7.20. The monoisotopic (exact) mass is 587 g/mol. The van der Waals surface area contributed by atoms with Crippen LogP contribution >= 0.6 is 27.5 Å². The van der Waals surface area contributed by atoms with Gasteiger partial charge in [0.25, 0.3) is 0 Å². The first kappa shape index (κ1) is 26.0. The molecular formula is C27H31BrClN5O3. The van der Waals surface area contributed by atoms with Gasteiger partial charge in [0, 0.05) is 42.4 Å². The number of likely N-dealkylation sites (tertiary alicyclic amines) is 1. The van der Waals surface area contributed by atoms with Crippen LogP contribution in [0.1, 0.15) is 46.5 Å². The van der Waals surface area contributed by atoms with Crippen molar-refractivity contribution in [1.82, 2.24) is 20.1 Å². The summed E-state index contributed by atoms with van der Waals surface area (Å²) in [5.74, 6) is 0.874. The third-order valence-electron chi connectivity index (χ3n) is 7.23. The molecule has 1 amide bonds. The van der Waals surface area contributed by atoms with Gasteiger partial charge in [0.2, 0.25) is 11.8 Å². The van der Waals surface area contributed by atoms with E-state index < -0.39 is 5.60 Å². The summed E-state index contributed by atoms with van der Waals surface area (Å²) in [7, 11) is 0. The van der Waals surface area contributed by atoms with Gasteiger partial charge in [0.15, 0.2) is 0 Å². The van der Waals surface area contributed by atoms with Crippen LogP contribution in [0.25, 0.3) is 22.9 Å². The molecule has 5 rings (SSSR count). The van der Waals surface area contributed by atoms with E-state index in [-0.39, 0.29) is 11.5 Å². The van der Waals surface area contributed by atoms with Crippen LogP contribution < -0.4 is 4.90 Å². The summed E-state index contributed by atoms with van der Waals surface area (Å²) in [6, 6.07) is 9.62. The van der Waals surface area contributed by atoms with E-state index in [0.29, 0.717) is 16.9 Å². The lowest BCUT2D eigenvalue weighted by molar-refractivity contribution is 0.00666. The molecule has 8 nitrogen and oxygen atoms in total. The van der Waals surface area contributed by atoms with Gasteiger partial charge in [-0.1, -0.05) is 27.5 Å². The van der Waals surface area contributed by atoms with Gasteiger partial charge in [-0.25, -0.2) is 9.78 Å². The number of carbonyl (C=O) groups excluding carboxylic acids is 1. The van der Waals surface area contributed by atoms with Gasteiger partial charge in [0.05, 0.1) is 11.3 Å². The lowest BCUT2D eigenvalue weighted by Crippen LogP contribution is -2.49. The van der Waals surface area contributed by atoms with Crippen molar-refractivity contribution in [2.75, 3.05) is 31.1 Å². The third-order valence-corrected chi connectivity index (χ3v) is 7.93. The first-order chi connectivity index (χ1) is 17.6. The third kappa shape index (κ3) is 5.93. The number of anilines is 1. The van der Waals surface area contributed by atoms with Gasteiger partial charge in [-0.3, -0.25) is 0 Å². The van der Waals surface area contributed by atoms with Crippen LogP contribution in [0.3, 0.4) is 0 Å². The number of aromatic nitrogens is 3. The number of piperidine rings is 2. The van der Waals surface area contributed by atoms with E-state index in [1.54, 1.807) is 18.3 Å². The van der Waals surface area contributed by atoms with Crippen LogP contribution in [-0.4, -0.2) is 58.0 Å². The summed E-state index contributed by atoms with van der Waals surface area (Å²) < 4.78 is 12.6. The van der Waals surface area contributed by atoms with E-state index in [2.05, 4.69) is 42.1 Å². The molecule has 2 aliphatic rings. The van der Waals surface area contributed by atoms with E-state index in [0.717, 1.165) is 73.1 Å². The Morgan fingerprint density at radius 3 is 2.38 bits per heavy atom. The van der Waals surface area contributed by atoms with Crippen LogP contribution in [0.4, 0.5) is 10.5 Å². The first-order valence-corrected chi connectivity index (χ1v) is 13.8. The number of nitrogens with zero attached hydrogens (tertiary/aromatic N) is 5. The van der Waals surface area contributed by atoms with Crippen LogP contribution in [0.2, 0.25) is 5.15 Å². The number of hydrogen-bond donors (Lipinski definition) is 0. The van der Waals surface area contributed by atoms with Gasteiger partial charge in [-0.15, -0.1) is 10.2 Å². The zero-order valence-corrected chi connectivity index (χ0v) is 23.7. The van der Waals surface area contributed by atoms with Crippen molar-refractivity contribution in [3.05, 3.63) is 46.2 Å². The van der Waals surface area contributed by atoms with E-state index in [9.17, 15) is 4.79 Å². The molecule has 2 aromatic heterocycles. The second kappa shape index (κ2) is 10.3. The highest BCUT2D eigenvalue weighted by molar-refractivity contribution is 9.10. The highest BCUT2D eigenvalue weighted by atomic mass is 79.9. The second-order valence-electron chi connectivity index (χ2n) is 10.9. The minimum atomic E-state index is -0.469. The molecule has 1 spiro atoms. The summed E-state index contributed by atoms with van der Waals surface area (Å²) in [6.45, 7) is 9.08. The Bertz CT molecular complexity index is 1270. The zero-order valence-electron chi connectivity index (χ0n) is 21.3. The minimum Gasteiger partial charge on any atom is -0.444 e. The maximum Gasteiger partial charge on any atom is 0.410 e. The van der Waals surface area contributed by atoms with Gasteiger partial charge < -0.3 is 19.0 Å². The Balaban J connectivity index is 1.28. The first-order valence-electron chi connectivity index (χ1n) is 12.6. The summed E-state index contributed by atoms with van der Waals surface area (Å²) in [5.41, 5.74) is 2.50. The number of carbonyl (C=O) groups is 1. The summed E-state index contributed by atoms with van der Waals surface area (Å²) in [5, 5.41) is 8.96. The van der Waals surface area contributed by atoms with Gasteiger partial charge in [-0.05, 0) is 82.2 Å². The predicted molar refractivity (Wildman–Crippen MR) is 147 cm³/mol. The molecule has 3 aromatic rings. The number of halogens is 2. The molecule has 37 heavy (non-hydrogen) atoms.